The number of rotatable bonds is 5. The van der Waals surface area contributed by atoms with Crippen molar-refractivity contribution in [1.82, 2.24) is 14.3 Å². The summed E-state index contributed by atoms with van der Waals surface area (Å²) in [6, 6.07) is 3.60. The molecule has 0 aliphatic heterocycles. The molecule has 0 unspecified atom stereocenters. The van der Waals surface area contributed by atoms with Crippen molar-refractivity contribution in [2.75, 3.05) is 18.8 Å². The normalized spacial score (nSPS) is 10.8. The molecule has 0 aliphatic rings. The average Bonchev–Trinajstić information content (AvgIpc) is 2.80. The molecule has 2 N–H and O–H groups in total. The van der Waals surface area contributed by atoms with Gasteiger partial charge in [-0.15, -0.1) is 0 Å². The molecule has 0 saturated heterocycles. The van der Waals surface area contributed by atoms with Crippen molar-refractivity contribution >= 4 is 17.2 Å². The lowest BCUT2D eigenvalue weighted by Crippen LogP contribution is -2.32. The van der Waals surface area contributed by atoms with Crippen molar-refractivity contribution in [3.8, 4) is 0 Å². The van der Waals surface area contributed by atoms with E-state index in [9.17, 15) is 4.79 Å². The second kappa shape index (κ2) is 5.73. The van der Waals surface area contributed by atoms with Gasteiger partial charge in [0.25, 0.3) is 5.91 Å². The molecule has 1 amide bonds. The Labute approximate surface area is 113 Å². The van der Waals surface area contributed by atoms with Crippen molar-refractivity contribution in [3.63, 3.8) is 0 Å². The van der Waals surface area contributed by atoms with E-state index in [1.54, 1.807) is 22.9 Å². The maximum absolute atomic E-state index is 12.4. The molecule has 0 saturated carbocycles. The Balaban J connectivity index is 2.29. The van der Waals surface area contributed by atoms with Gasteiger partial charge in [-0.2, -0.15) is 0 Å². The summed E-state index contributed by atoms with van der Waals surface area (Å²) in [6.45, 7) is 5.67. The van der Waals surface area contributed by atoms with E-state index in [2.05, 4.69) is 18.8 Å². The fourth-order valence-electron chi connectivity index (χ4n) is 2.13. The number of hydrogen-bond acceptors (Lipinski definition) is 3. The maximum atomic E-state index is 12.4. The van der Waals surface area contributed by atoms with Crippen LogP contribution >= 0.6 is 0 Å². The fourth-order valence-corrected chi connectivity index (χ4v) is 2.13. The van der Waals surface area contributed by atoms with Gasteiger partial charge >= 0.3 is 0 Å². The van der Waals surface area contributed by atoms with Crippen LogP contribution in [0.1, 0.15) is 37.2 Å². The maximum Gasteiger partial charge on any atom is 0.274 e. The van der Waals surface area contributed by atoms with Gasteiger partial charge in [-0.1, -0.05) is 13.8 Å². The third-order valence-corrected chi connectivity index (χ3v) is 2.97. The molecule has 2 aromatic heterocycles. The molecule has 5 nitrogen and oxygen atoms in total. The van der Waals surface area contributed by atoms with Gasteiger partial charge in [-0.05, 0) is 25.0 Å². The number of aromatic nitrogens is 2. The van der Waals surface area contributed by atoms with E-state index in [4.69, 9.17) is 5.73 Å². The molecule has 19 heavy (non-hydrogen) atoms. The second-order valence-electron chi connectivity index (χ2n) is 4.65. The average molecular weight is 260 g/mol. The lowest BCUT2D eigenvalue weighted by Gasteiger charge is -2.20. The third-order valence-electron chi connectivity index (χ3n) is 2.97. The lowest BCUT2D eigenvalue weighted by atomic mass is 10.3. The summed E-state index contributed by atoms with van der Waals surface area (Å²) in [4.78, 5) is 18.6. The highest BCUT2D eigenvalue weighted by molar-refractivity contribution is 5.93. The Kier molecular flexibility index (Phi) is 4.04. The summed E-state index contributed by atoms with van der Waals surface area (Å²) in [5, 5.41) is 0. The Morgan fingerprint density at radius 1 is 1.26 bits per heavy atom. The fraction of sp³-hybridized carbons (Fsp3) is 0.429. The molecule has 0 fully saturated rings. The Hall–Kier alpha value is -2.04. The van der Waals surface area contributed by atoms with Crippen molar-refractivity contribution in [2.45, 2.75) is 26.7 Å². The van der Waals surface area contributed by atoms with Crippen LogP contribution in [0.2, 0.25) is 0 Å². The van der Waals surface area contributed by atoms with Gasteiger partial charge in [0, 0.05) is 31.2 Å². The molecule has 0 spiro atoms. The first-order valence-corrected chi connectivity index (χ1v) is 6.69. The lowest BCUT2D eigenvalue weighted by molar-refractivity contribution is 0.0750. The van der Waals surface area contributed by atoms with Crippen molar-refractivity contribution in [3.05, 3.63) is 30.2 Å². The first-order chi connectivity index (χ1) is 9.15. The van der Waals surface area contributed by atoms with E-state index >= 15 is 0 Å². The highest BCUT2D eigenvalue weighted by Crippen LogP contribution is 2.11. The molecule has 2 heterocycles. The summed E-state index contributed by atoms with van der Waals surface area (Å²) in [7, 11) is 0. The van der Waals surface area contributed by atoms with E-state index in [1.807, 2.05) is 11.0 Å². The predicted octanol–water partition coefficient (Wildman–Crippen LogP) is 2.18. The molecule has 2 rings (SSSR count). The minimum absolute atomic E-state index is 0.00836. The van der Waals surface area contributed by atoms with Gasteiger partial charge in [-0.25, -0.2) is 4.98 Å². The number of nitrogens with zero attached hydrogens (tertiary/aromatic N) is 3. The van der Waals surface area contributed by atoms with E-state index in [-0.39, 0.29) is 5.91 Å². The molecule has 0 atom stereocenters. The zero-order valence-electron chi connectivity index (χ0n) is 11.5. The number of carbonyl (C=O) groups is 1. The highest BCUT2D eigenvalue weighted by Gasteiger charge is 2.17. The highest BCUT2D eigenvalue weighted by atomic mass is 16.2. The minimum Gasteiger partial charge on any atom is -0.398 e. The van der Waals surface area contributed by atoms with Crippen molar-refractivity contribution < 1.29 is 4.79 Å². The van der Waals surface area contributed by atoms with Crippen LogP contribution in [0.3, 0.4) is 0 Å². The summed E-state index contributed by atoms with van der Waals surface area (Å²) in [6.07, 6.45) is 5.41. The number of carbonyl (C=O) groups excluding carboxylic acids is 1. The number of fused-ring (bicyclic) bond motifs is 1. The number of pyridine rings is 1. The molecule has 5 heteroatoms. The van der Waals surface area contributed by atoms with Crippen LogP contribution in [-0.2, 0) is 0 Å². The third kappa shape index (κ3) is 2.86. The molecule has 0 aliphatic carbocycles. The van der Waals surface area contributed by atoms with Crippen LogP contribution in [0.4, 0.5) is 5.69 Å². The number of imidazole rings is 1. The number of nitrogens with two attached hydrogens (primary N) is 1. The van der Waals surface area contributed by atoms with Gasteiger partial charge in [0.05, 0.1) is 0 Å². The monoisotopic (exact) mass is 260 g/mol. The van der Waals surface area contributed by atoms with Crippen LogP contribution in [0.25, 0.3) is 5.65 Å². The van der Waals surface area contributed by atoms with Crippen LogP contribution < -0.4 is 5.73 Å². The topological polar surface area (TPSA) is 63.6 Å². The summed E-state index contributed by atoms with van der Waals surface area (Å²) in [5.74, 6) is -0.00836. The number of nitrogen functional groups attached to an aromatic ring is 1. The zero-order chi connectivity index (χ0) is 13.8. The first kappa shape index (κ1) is 13.4. The second-order valence-corrected chi connectivity index (χ2v) is 4.65. The summed E-state index contributed by atoms with van der Waals surface area (Å²) in [5.41, 5.74) is 7.60. The zero-order valence-corrected chi connectivity index (χ0v) is 11.5. The molecule has 2 aromatic rings. The van der Waals surface area contributed by atoms with Gasteiger partial charge in [-0.3, -0.25) is 4.79 Å². The van der Waals surface area contributed by atoms with E-state index in [0.717, 1.165) is 31.6 Å². The molecular weight excluding hydrogens is 240 g/mol. The standard InChI is InChI=1S/C14H20N4O/c1-3-7-17(8-4-2)14(19)12-10-18-9-11(15)5-6-13(18)16-12/h5-6,9-10H,3-4,7-8,15H2,1-2H3. The smallest absolute Gasteiger partial charge is 0.274 e. The van der Waals surface area contributed by atoms with Crippen LogP contribution in [-0.4, -0.2) is 33.3 Å². The molecule has 102 valence electrons. The van der Waals surface area contributed by atoms with E-state index < -0.39 is 0 Å². The SMILES string of the molecule is CCCN(CCC)C(=O)c1cn2cc(N)ccc2n1. The molecule has 0 aromatic carbocycles. The van der Waals surface area contributed by atoms with Crippen molar-refractivity contribution in [2.24, 2.45) is 0 Å². The van der Waals surface area contributed by atoms with Gasteiger partial charge in [0.2, 0.25) is 0 Å². The Morgan fingerprint density at radius 2 is 1.95 bits per heavy atom. The number of anilines is 1. The van der Waals surface area contributed by atoms with Gasteiger partial charge < -0.3 is 15.0 Å². The van der Waals surface area contributed by atoms with Gasteiger partial charge in [0.15, 0.2) is 0 Å². The summed E-state index contributed by atoms with van der Waals surface area (Å²) < 4.78 is 1.79. The summed E-state index contributed by atoms with van der Waals surface area (Å²) >= 11 is 0. The largest absolute Gasteiger partial charge is 0.398 e. The molecule has 0 radical (unpaired) electrons. The Bertz CT molecular complexity index is 570. The van der Waals surface area contributed by atoms with Crippen LogP contribution in [0.15, 0.2) is 24.5 Å². The first-order valence-electron chi connectivity index (χ1n) is 6.69. The van der Waals surface area contributed by atoms with Crippen LogP contribution in [0, 0.1) is 0 Å². The number of hydrogen-bond donors (Lipinski definition) is 1. The van der Waals surface area contributed by atoms with Gasteiger partial charge in [0.1, 0.15) is 11.3 Å². The minimum atomic E-state index is -0.00836. The molecular formula is C14H20N4O. The molecule has 0 bridgehead atoms. The number of amides is 1. The van der Waals surface area contributed by atoms with E-state index in [0.29, 0.717) is 11.4 Å². The van der Waals surface area contributed by atoms with Crippen LogP contribution in [0.5, 0.6) is 0 Å². The van der Waals surface area contributed by atoms with E-state index in [1.165, 1.54) is 0 Å². The Morgan fingerprint density at radius 3 is 2.58 bits per heavy atom. The van der Waals surface area contributed by atoms with Crippen molar-refractivity contribution in [1.29, 1.82) is 0 Å². The predicted molar refractivity (Wildman–Crippen MR) is 76.1 cm³/mol. The quantitative estimate of drug-likeness (QED) is 0.896.